The first-order valence-electron chi connectivity index (χ1n) is 5.48. The number of β-lactam (4-membered cyclic amide) rings is 1. The van der Waals surface area contributed by atoms with Crippen molar-refractivity contribution < 1.29 is 27.7 Å². The fourth-order valence-corrected chi connectivity index (χ4v) is 3.37. The SMILES string of the molecule is C[C@H]1[C@H](N2CC(CO)CC2=O)C(=O)N1S(=O)(=O)O. The molecule has 2 aliphatic heterocycles. The van der Waals surface area contributed by atoms with Gasteiger partial charge in [-0.25, -0.2) is 4.31 Å². The molecule has 102 valence electrons. The third kappa shape index (κ3) is 1.88. The third-order valence-electron chi connectivity index (χ3n) is 3.38. The minimum atomic E-state index is -4.57. The second-order valence-electron chi connectivity index (χ2n) is 4.60. The maximum absolute atomic E-state index is 11.7. The quantitative estimate of drug-likeness (QED) is 0.466. The van der Waals surface area contributed by atoms with Crippen LogP contribution in [0.25, 0.3) is 0 Å². The van der Waals surface area contributed by atoms with Crippen LogP contribution in [0.2, 0.25) is 0 Å². The Kier molecular flexibility index (Phi) is 3.07. The van der Waals surface area contributed by atoms with Crippen LogP contribution in [0.4, 0.5) is 0 Å². The van der Waals surface area contributed by atoms with E-state index < -0.39 is 28.3 Å². The molecule has 18 heavy (non-hydrogen) atoms. The van der Waals surface area contributed by atoms with Crippen LogP contribution in [0.3, 0.4) is 0 Å². The number of rotatable bonds is 3. The summed E-state index contributed by atoms with van der Waals surface area (Å²) in [6.07, 6.45) is 0.152. The lowest BCUT2D eigenvalue weighted by molar-refractivity contribution is -0.154. The molecule has 9 heteroatoms. The van der Waals surface area contributed by atoms with Crippen LogP contribution in [-0.4, -0.2) is 64.3 Å². The number of aliphatic hydroxyl groups excluding tert-OH is 1. The predicted octanol–water partition coefficient (Wildman–Crippen LogP) is -1.77. The van der Waals surface area contributed by atoms with Crippen LogP contribution in [-0.2, 0) is 19.9 Å². The van der Waals surface area contributed by atoms with Gasteiger partial charge >= 0.3 is 10.3 Å². The molecule has 3 atom stereocenters. The maximum atomic E-state index is 11.7. The van der Waals surface area contributed by atoms with E-state index in [1.54, 1.807) is 0 Å². The van der Waals surface area contributed by atoms with Gasteiger partial charge in [-0.1, -0.05) is 0 Å². The summed E-state index contributed by atoms with van der Waals surface area (Å²) in [4.78, 5) is 24.6. The summed E-state index contributed by atoms with van der Waals surface area (Å²) in [5.74, 6) is -1.32. The molecular formula is C9H14N2O6S. The van der Waals surface area contributed by atoms with Crippen LogP contribution >= 0.6 is 0 Å². The van der Waals surface area contributed by atoms with Crippen molar-refractivity contribution in [3.8, 4) is 0 Å². The highest BCUT2D eigenvalue weighted by Crippen LogP contribution is 2.31. The molecule has 0 aromatic carbocycles. The van der Waals surface area contributed by atoms with Gasteiger partial charge in [-0.3, -0.25) is 14.1 Å². The molecule has 2 N–H and O–H groups in total. The molecule has 0 bridgehead atoms. The Balaban J connectivity index is 2.14. The Bertz CT molecular complexity index is 489. The van der Waals surface area contributed by atoms with Crippen molar-refractivity contribution in [2.24, 2.45) is 5.92 Å². The summed E-state index contributed by atoms with van der Waals surface area (Å²) >= 11 is 0. The maximum Gasteiger partial charge on any atom is 0.362 e. The topological polar surface area (TPSA) is 115 Å². The van der Waals surface area contributed by atoms with E-state index in [-0.39, 0.29) is 31.4 Å². The molecule has 1 unspecified atom stereocenters. The highest BCUT2D eigenvalue weighted by molar-refractivity contribution is 7.84. The molecule has 8 nitrogen and oxygen atoms in total. The van der Waals surface area contributed by atoms with Crippen molar-refractivity contribution in [1.29, 1.82) is 0 Å². The molecule has 0 radical (unpaired) electrons. The Morgan fingerprint density at radius 3 is 2.39 bits per heavy atom. The predicted molar refractivity (Wildman–Crippen MR) is 58.6 cm³/mol. The van der Waals surface area contributed by atoms with Gasteiger partial charge in [-0.05, 0) is 6.92 Å². The van der Waals surface area contributed by atoms with Gasteiger partial charge in [0.25, 0.3) is 5.91 Å². The van der Waals surface area contributed by atoms with Crippen LogP contribution in [0.1, 0.15) is 13.3 Å². The molecule has 2 rings (SSSR count). The fraction of sp³-hybridized carbons (Fsp3) is 0.778. The molecule has 0 spiro atoms. The number of amides is 2. The molecule has 0 saturated carbocycles. The minimum Gasteiger partial charge on any atom is -0.396 e. The zero-order valence-corrected chi connectivity index (χ0v) is 10.5. The first-order valence-corrected chi connectivity index (χ1v) is 6.88. The average Bonchev–Trinajstić information content (AvgIpc) is 2.58. The van der Waals surface area contributed by atoms with Gasteiger partial charge in [0, 0.05) is 25.5 Å². The fourth-order valence-electron chi connectivity index (χ4n) is 2.50. The zero-order chi connectivity index (χ0) is 13.7. The number of hydrogen-bond acceptors (Lipinski definition) is 5. The molecule has 2 fully saturated rings. The summed E-state index contributed by atoms with van der Waals surface area (Å²) in [7, 11) is -4.57. The Hall–Kier alpha value is -1.19. The molecule has 2 aliphatic rings. The van der Waals surface area contributed by atoms with E-state index in [1.807, 2.05) is 0 Å². The first kappa shape index (κ1) is 13.2. The standard InChI is InChI=1S/C9H14N2O6S/c1-5-8(9(14)11(5)18(15,16)17)10-3-6(4-12)2-7(10)13/h5-6,8,12H,2-4H2,1H3,(H,15,16,17)/t5-,6?,8-/m0/s1. The number of hydrogen-bond donors (Lipinski definition) is 2. The van der Waals surface area contributed by atoms with E-state index in [9.17, 15) is 18.0 Å². The van der Waals surface area contributed by atoms with Crippen molar-refractivity contribution in [3.63, 3.8) is 0 Å². The summed E-state index contributed by atoms with van der Waals surface area (Å²) in [6.45, 7) is 1.52. The highest BCUT2D eigenvalue weighted by Gasteiger charge is 2.55. The van der Waals surface area contributed by atoms with E-state index in [2.05, 4.69) is 0 Å². The van der Waals surface area contributed by atoms with E-state index >= 15 is 0 Å². The normalized spacial score (nSPS) is 32.9. The van der Waals surface area contributed by atoms with Gasteiger partial charge in [0.15, 0.2) is 0 Å². The lowest BCUT2D eigenvalue weighted by Crippen LogP contribution is -2.70. The van der Waals surface area contributed by atoms with Gasteiger partial charge < -0.3 is 10.0 Å². The Morgan fingerprint density at radius 1 is 1.39 bits per heavy atom. The van der Waals surface area contributed by atoms with Crippen LogP contribution in [0.5, 0.6) is 0 Å². The second-order valence-corrected chi connectivity index (χ2v) is 5.89. The largest absolute Gasteiger partial charge is 0.396 e. The number of likely N-dealkylation sites (tertiary alicyclic amines) is 1. The summed E-state index contributed by atoms with van der Waals surface area (Å²) in [5, 5.41) is 8.98. The van der Waals surface area contributed by atoms with Crippen LogP contribution in [0, 0.1) is 5.92 Å². The Labute approximate surface area is 104 Å². The molecular weight excluding hydrogens is 264 g/mol. The Morgan fingerprint density at radius 2 is 2.00 bits per heavy atom. The van der Waals surface area contributed by atoms with Crippen molar-refractivity contribution in [1.82, 2.24) is 9.21 Å². The van der Waals surface area contributed by atoms with Gasteiger partial charge in [-0.2, -0.15) is 8.42 Å². The lowest BCUT2D eigenvalue weighted by Gasteiger charge is -2.46. The van der Waals surface area contributed by atoms with Crippen molar-refractivity contribution in [2.75, 3.05) is 13.2 Å². The lowest BCUT2D eigenvalue weighted by atomic mass is 9.99. The van der Waals surface area contributed by atoms with E-state index in [0.29, 0.717) is 4.31 Å². The molecule has 0 aliphatic carbocycles. The van der Waals surface area contributed by atoms with Crippen molar-refractivity contribution in [3.05, 3.63) is 0 Å². The number of carbonyl (C=O) groups is 2. The zero-order valence-electron chi connectivity index (χ0n) is 9.68. The second kappa shape index (κ2) is 4.18. The summed E-state index contributed by atoms with van der Waals surface area (Å²) in [5.41, 5.74) is 0. The van der Waals surface area contributed by atoms with Gasteiger partial charge in [0.05, 0.1) is 6.04 Å². The summed E-state index contributed by atoms with van der Waals surface area (Å²) < 4.78 is 31.0. The summed E-state index contributed by atoms with van der Waals surface area (Å²) in [6, 6.07) is -1.65. The van der Waals surface area contributed by atoms with Gasteiger partial charge in [0.1, 0.15) is 6.04 Å². The average molecular weight is 278 g/mol. The molecule has 0 aromatic heterocycles. The van der Waals surface area contributed by atoms with Gasteiger partial charge in [0.2, 0.25) is 5.91 Å². The number of nitrogens with zero attached hydrogens (tertiary/aromatic N) is 2. The van der Waals surface area contributed by atoms with E-state index in [4.69, 9.17) is 9.66 Å². The number of aliphatic hydroxyl groups is 1. The number of carbonyl (C=O) groups excluding carboxylic acids is 2. The van der Waals surface area contributed by atoms with E-state index in [0.717, 1.165) is 0 Å². The van der Waals surface area contributed by atoms with Crippen molar-refractivity contribution >= 4 is 22.1 Å². The monoisotopic (exact) mass is 278 g/mol. The molecule has 2 saturated heterocycles. The minimum absolute atomic E-state index is 0.152. The molecule has 0 aromatic rings. The smallest absolute Gasteiger partial charge is 0.362 e. The van der Waals surface area contributed by atoms with Crippen molar-refractivity contribution in [2.45, 2.75) is 25.4 Å². The highest BCUT2D eigenvalue weighted by atomic mass is 32.2. The molecule has 2 amide bonds. The molecule has 2 heterocycles. The first-order chi connectivity index (χ1) is 8.27. The van der Waals surface area contributed by atoms with Crippen LogP contribution < -0.4 is 0 Å². The van der Waals surface area contributed by atoms with Gasteiger partial charge in [-0.15, -0.1) is 0 Å². The van der Waals surface area contributed by atoms with E-state index in [1.165, 1.54) is 11.8 Å². The van der Waals surface area contributed by atoms with Crippen LogP contribution in [0.15, 0.2) is 0 Å². The third-order valence-corrected chi connectivity index (χ3v) is 4.39.